The number of nitrogens with one attached hydrogen (secondary N) is 2. The first-order chi connectivity index (χ1) is 17.2. The summed E-state index contributed by atoms with van der Waals surface area (Å²) in [7, 11) is 0. The number of benzene rings is 4. The highest BCUT2D eigenvalue weighted by molar-refractivity contribution is 6.05. The summed E-state index contributed by atoms with van der Waals surface area (Å²) in [4.78, 5) is 25.7. The minimum Gasteiger partial charge on any atom is -0.454 e. The largest absolute Gasteiger partial charge is 0.454 e. The van der Waals surface area contributed by atoms with Crippen LogP contribution in [0.15, 0.2) is 102 Å². The number of carbonyl (C=O) groups excluding carboxylic acids is 2. The number of rotatable bonds is 6. The Morgan fingerprint density at radius 1 is 0.771 bits per heavy atom. The van der Waals surface area contributed by atoms with Gasteiger partial charge >= 0.3 is 0 Å². The maximum absolute atomic E-state index is 13.0. The van der Waals surface area contributed by atoms with Crippen LogP contribution in [0.5, 0.6) is 11.5 Å². The van der Waals surface area contributed by atoms with Crippen LogP contribution in [0.4, 0.5) is 0 Å². The molecule has 7 heteroatoms. The van der Waals surface area contributed by atoms with Gasteiger partial charge in [-0.2, -0.15) is 5.10 Å². The first kappa shape index (κ1) is 21.9. The summed E-state index contributed by atoms with van der Waals surface area (Å²) < 4.78 is 10.8. The molecular formula is C28H21N3O4. The topological polar surface area (TPSA) is 89.0 Å². The molecule has 0 aromatic heterocycles. The molecule has 0 saturated carbocycles. The molecule has 1 aliphatic rings. The van der Waals surface area contributed by atoms with Gasteiger partial charge in [-0.15, -0.1) is 0 Å². The molecule has 0 saturated heterocycles. The first-order valence-electron chi connectivity index (χ1n) is 11.0. The lowest BCUT2D eigenvalue weighted by molar-refractivity contribution is -0.117. The van der Waals surface area contributed by atoms with Crippen molar-refractivity contribution in [3.63, 3.8) is 0 Å². The third kappa shape index (κ3) is 5.20. The van der Waals surface area contributed by atoms with Crippen LogP contribution < -0.4 is 20.2 Å². The molecule has 4 aromatic rings. The second-order valence-corrected chi connectivity index (χ2v) is 7.80. The highest BCUT2D eigenvalue weighted by Gasteiger charge is 2.16. The van der Waals surface area contributed by atoms with Gasteiger partial charge in [-0.1, -0.05) is 60.7 Å². The average Bonchev–Trinajstić information content (AvgIpc) is 3.36. The summed E-state index contributed by atoms with van der Waals surface area (Å²) >= 11 is 0. The highest BCUT2D eigenvalue weighted by atomic mass is 16.7. The maximum atomic E-state index is 13.0. The summed E-state index contributed by atoms with van der Waals surface area (Å²) in [6.07, 6.45) is 3.12. The van der Waals surface area contributed by atoms with Gasteiger partial charge in [-0.25, -0.2) is 5.43 Å². The van der Waals surface area contributed by atoms with Gasteiger partial charge < -0.3 is 14.8 Å². The van der Waals surface area contributed by atoms with E-state index in [1.54, 1.807) is 54.8 Å². The van der Waals surface area contributed by atoms with Gasteiger partial charge in [0.05, 0.1) is 6.21 Å². The molecule has 1 heterocycles. The fourth-order valence-corrected chi connectivity index (χ4v) is 3.63. The predicted molar refractivity (Wildman–Crippen MR) is 134 cm³/mol. The Morgan fingerprint density at radius 3 is 2.37 bits per heavy atom. The molecule has 172 valence electrons. The van der Waals surface area contributed by atoms with Crippen LogP contribution in [0.2, 0.25) is 0 Å². The molecule has 35 heavy (non-hydrogen) atoms. The minimum atomic E-state index is -0.566. The lowest BCUT2D eigenvalue weighted by atomic mass is 10.1. The van der Waals surface area contributed by atoms with Crippen molar-refractivity contribution in [2.45, 2.75) is 0 Å². The van der Waals surface area contributed by atoms with Crippen molar-refractivity contribution in [1.29, 1.82) is 0 Å². The van der Waals surface area contributed by atoms with Crippen LogP contribution in [0.25, 0.3) is 16.8 Å². The van der Waals surface area contributed by atoms with Crippen LogP contribution in [-0.4, -0.2) is 24.8 Å². The molecule has 0 spiro atoms. The number of hydrazone groups is 1. The molecule has 7 nitrogen and oxygen atoms in total. The van der Waals surface area contributed by atoms with E-state index < -0.39 is 11.8 Å². The van der Waals surface area contributed by atoms with Gasteiger partial charge in [0.15, 0.2) is 11.5 Å². The van der Waals surface area contributed by atoms with Crippen LogP contribution >= 0.6 is 0 Å². The first-order valence-corrected chi connectivity index (χ1v) is 11.0. The molecule has 0 bridgehead atoms. The monoisotopic (exact) mass is 463 g/mol. The van der Waals surface area contributed by atoms with E-state index >= 15 is 0 Å². The lowest BCUT2D eigenvalue weighted by Crippen LogP contribution is -2.32. The molecule has 2 amide bonds. The van der Waals surface area contributed by atoms with E-state index in [-0.39, 0.29) is 12.5 Å². The SMILES string of the molecule is O=C(N/N=C/c1ccc2ccccc2c1)/C(=C\c1ccc2c(c1)OCO2)NC(=O)c1ccccc1. The molecule has 0 unspecified atom stereocenters. The molecule has 0 aliphatic carbocycles. The van der Waals surface area contributed by atoms with Crippen molar-refractivity contribution in [1.82, 2.24) is 10.7 Å². The van der Waals surface area contributed by atoms with Crippen molar-refractivity contribution in [2.24, 2.45) is 5.10 Å². The summed E-state index contributed by atoms with van der Waals surface area (Å²) in [5, 5.41) is 8.96. The fourth-order valence-electron chi connectivity index (χ4n) is 3.63. The molecule has 0 fully saturated rings. The zero-order valence-electron chi connectivity index (χ0n) is 18.6. The summed E-state index contributed by atoms with van der Waals surface area (Å²) in [5.41, 5.74) is 4.45. The highest BCUT2D eigenvalue weighted by Crippen LogP contribution is 2.33. The van der Waals surface area contributed by atoms with Crippen LogP contribution in [0.1, 0.15) is 21.5 Å². The Bertz CT molecular complexity index is 1460. The number of hydrogen-bond donors (Lipinski definition) is 2. The zero-order chi connectivity index (χ0) is 24.0. The molecule has 4 aromatic carbocycles. The van der Waals surface area contributed by atoms with E-state index in [1.807, 2.05) is 48.5 Å². The van der Waals surface area contributed by atoms with Crippen molar-refractivity contribution in [3.8, 4) is 11.5 Å². The summed E-state index contributed by atoms with van der Waals surface area (Å²) in [5.74, 6) is 0.221. The van der Waals surface area contributed by atoms with Gasteiger partial charge in [0.25, 0.3) is 11.8 Å². The van der Waals surface area contributed by atoms with Crippen LogP contribution in [0.3, 0.4) is 0 Å². The predicted octanol–water partition coefficient (Wildman–Crippen LogP) is 4.49. The van der Waals surface area contributed by atoms with E-state index in [1.165, 1.54) is 0 Å². The normalized spacial score (nSPS) is 12.6. The fraction of sp³-hybridized carbons (Fsp3) is 0.0357. The minimum absolute atomic E-state index is 0.0355. The number of carbonyl (C=O) groups is 2. The Hall–Kier alpha value is -4.91. The smallest absolute Gasteiger partial charge is 0.287 e. The lowest BCUT2D eigenvalue weighted by Gasteiger charge is -2.09. The number of nitrogens with zero attached hydrogens (tertiary/aromatic N) is 1. The van der Waals surface area contributed by atoms with E-state index in [9.17, 15) is 9.59 Å². The molecule has 1 aliphatic heterocycles. The third-order valence-corrected chi connectivity index (χ3v) is 5.39. The van der Waals surface area contributed by atoms with Crippen molar-refractivity contribution < 1.29 is 19.1 Å². The van der Waals surface area contributed by atoms with E-state index in [2.05, 4.69) is 15.8 Å². The molecule has 0 radical (unpaired) electrons. The van der Waals surface area contributed by atoms with Crippen molar-refractivity contribution in [2.75, 3.05) is 6.79 Å². The maximum Gasteiger partial charge on any atom is 0.287 e. The Balaban J connectivity index is 1.37. The Kier molecular flexibility index (Phi) is 6.21. The zero-order valence-corrected chi connectivity index (χ0v) is 18.6. The van der Waals surface area contributed by atoms with Crippen LogP contribution in [-0.2, 0) is 4.79 Å². The molecule has 5 rings (SSSR count). The van der Waals surface area contributed by atoms with Gasteiger partial charge in [-0.05, 0) is 58.3 Å². The summed E-state index contributed by atoms with van der Waals surface area (Å²) in [6.45, 7) is 0.143. The Labute approximate surface area is 201 Å². The molecule has 0 atom stereocenters. The standard InChI is InChI=1S/C28H21N3O4/c32-27(22-7-2-1-3-8-22)30-24(15-19-11-13-25-26(16-19)35-18-34-25)28(33)31-29-17-20-10-12-21-6-4-5-9-23(21)14-20/h1-17H,18H2,(H,30,32)(H,31,33)/b24-15+,29-17+. The molecular weight excluding hydrogens is 442 g/mol. The number of amides is 2. The Morgan fingerprint density at radius 2 is 1.51 bits per heavy atom. The van der Waals surface area contributed by atoms with Crippen molar-refractivity contribution in [3.05, 3.63) is 113 Å². The average molecular weight is 463 g/mol. The van der Waals surface area contributed by atoms with E-state index in [0.29, 0.717) is 22.6 Å². The third-order valence-electron chi connectivity index (χ3n) is 5.39. The van der Waals surface area contributed by atoms with E-state index in [0.717, 1.165) is 16.3 Å². The van der Waals surface area contributed by atoms with Gasteiger partial charge in [-0.3, -0.25) is 9.59 Å². The summed E-state index contributed by atoms with van der Waals surface area (Å²) in [6, 6.07) is 27.8. The van der Waals surface area contributed by atoms with Gasteiger partial charge in [0.1, 0.15) is 5.70 Å². The number of ether oxygens (including phenoxy) is 2. The second kappa shape index (κ2) is 9.93. The van der Waals surface area contributed by atoms with E-state index in [4.69, 9.17) is 9.47 Å². The van der Waals surface area contributed by atoms with Gasteiger partial charge in [0.2, 0.25) is 6.79 Å². The quantitative estimate of drug-likeness (QED) is 0.251. The second-order valence-electron chi connectivity index (χ2n) is 7.80. The van der Waals surface area contributed by atoms with Gasteiger partial charge in [0, 0.05) is 5.56 Å². The number of hydrogen-bond acceptors (Lipinski definition) is 5. The molecule has 2 N–H and O–H groups in total. The van der Waals surface area contributed by atoms with Crippen molar-refractivity contribution >= 4 is 34.9 Å². The number of fused-ring (bicyclic) bond motifs is 2. The van der Waals surface area contributed by atoms with Crippen LogP contribution in [0, 0.1) is 0 Å².